The van der Waals surface area contributed by atoms with Crippen molar-refractivity contribution in [3.05, 3.63) is 84.2 Å². The number of thiophene rings is 2. The summed E-state index contributed by atoms with van der Waals surface area (Å²) >= 11 is 3.91. The predicted molar refractivity (Wildman–Crippen MR) is 206 cm³/mol. The molecular formula is C42H48N2S2. The largest absolute Gasteiger partial charge is 0.340 e. The quantitative estimate of drug-likeness (QED) is 0.0926. The zero-order chi connectivity index (χ0) is 31.3. The van der Waals surface area contributed by atoms with Crippen molar-refractivity contribution in [2.75, 3.05) is 0 Å². The van der Waals surface area contributed by atoms with Gasteiger partial charge in [-0.1, -0.05) is 139 Å². The first kappa shape index (κ1) is 31.3. The lowest BCUT2D eigenvalue weighted by Crippen LogP contribution is -1.99. The smallest absolute Gasteiger partial charge is 0.0680 e. The van der Waals surface area contributed by atoms with E-state index in [9.17, 15) is 0 Å². The summed E-state index contributed by atoms with van der Waals surface area (Å²) in [5, 5.41) is 5.26. The SMILES string of the molecule is CCCCCCCCn1c2cc3c4scc(-c5ccccc5)c4n(CCCCCCCC)c3cc2c2sc(-c3ccccc3)cc21. The Morgan fingerprint density at radius 2 is 1.07 bits per heavy atom. The van der Waals surface area contributed by atoms with Gasteiger partial charge in [0.25, 0.3) is 0 Å². The average Bonchev–Trinajstić information content (AvgIpc) is 3.85. The van der Waals surface area contributed by atoms with E-state index in [1.807, 2.05) is 22.7 Å². The van der Waals surface area contributed by atoms with Crippen LogP contribution in [-0.4, -0.2) is 9.13 Å². The van der Waals surface area contributed by atoms with E-state index in [-0.39, 0.29) is 0 Å². The Morgan fingerprint density at radius 3 is 1.72 bits per heavy atom. The van der Waals surface area contributed by atoms with Gasteiger partial charge in [-0.05, 0) is 42.2 Å². The molecule has 0 bridgehead atoms. The van der Waals surface area contributed by atoms with Gasteiger partial charge < -0.3 is 9.13 Å². The van der Waals surface area contributed by atoms with Crippen molar-refractivity contribution in [1.82, 2.24) is 9.13 Å². The number of hydrogen-bond donors (Lipinski definition) is 0. The zero-order valence-electron chi connectivity index (χ0n) is 27.7. The molecule has 0 saturated heterocycles. The van der Waals surface area contributed by atoms with Gasteiger partial charge in [0.2, 0.25) is 0 Å². The predicted octanol–water partition coefficient (Wildman–Crippen LogP) is 14.1. The number of unbranched alkanes of at least 4 members (excludes halogenated alkanes) is 10. The van der Waals surface area contributed by atoms with Crippen molar-refractivity contribution in [1.29, 1.82) is 0 Å². The van der Waals surface area contributed by atoms with Crippen LogP contribution in [0.1, 0.15) is 90.9 Å². The molecule has 0 saturated carbocycles. The van der Waals surface area contributed by atoms with Crippen LogP contribution in [0.2, 0.25) is 0 Å². The van der Waals surface area contributed by atoms with Gasteiger partial charge in [0.1, 0.15) is 0 Å². The summed E-state index contributed by atoms with van der Waals surface area (Å²) in [5.41, 5.74) is 9.70. The molecule has 0 fully saturated rings. The lowest BCUT2D eigenvalue weighted by Gasteiger charge is -2.10. The fraction of sp³-hybridized carbons (Fsp3) is 0.381. The van der Waals surface area contributed by atoms with E-state index in [1.54, 1.807) is 0 Å². The van der Waals surface area contributed by atoms with E-state index in [0.717, 1.165) is 13.1 Å². The molecule has 238 valence electrons. The molecule has 7 rings (SSSR count). The van der Waals surface area contributed by atoms with Crippen molar-refractivity contribution in [3.63, 3.8) is 0 Å². The molecule has 0 aliphatic heterocycles. The van der Waals surface area contributed by atoms with Crippen molar-refractivity contribution >= 4 is 64.9 Å². The summed E-state index contributed by atoms with van der Waals surface area (Å²) in [4.78, 5) is 1.37. The van der Waals surface area contributed by atoms with Gasteiger partial charge in [-0.15, -0.1) is 22.7 Å². The van der Waals surface area contributed by atoms with E-state index in [4.69, 9.17) is 0 Å². The van der Waals surface area contributed by atoms with Crippen LogP contribution in [-0.2, 0) is 13.1 Å². The lowest BCUT2D eigenvalue weighted by molar-refractivity contribution is 0.571. The van der Waals surface area contributed by atoms with Gasteiger partial charge >= 0.3 is 0 Å². The molecule has 3 aromatic carbocycles. The van der Waals surface area contributed by atoms with E-state index in [0.29, 0.717) is 0 Å². The maximum absolute atomic E-state index is 2.69. The fourth-order valence-corrected chi connectivity index (χ4v) is 9.66. The highest BCUT2D eigenvalue weighted by atomic mass is 32.1. The number of nitrogens with zero attached hydrogens (tertiary/aromatic N) is 2. The molecule has 0 radical (unpaired) electrons. The van der Waals surface area contributed by atoms with Crippen LogP contribution in [0.5, 0.6) is 0 Å². The molecule has 0 N–H and O–H groups in total. The first-order valence-corrected chi connectivity index (χ1v) is 19.6. The van der Waals surface area contributed by atoms with Crippen LogP contribution in [0.15, 0.2) is 84.2 Å². The summed E-state index contributed by atoms with van der Waals surface area (Å²) < 4.78 is 8.24. The van der Waals surface area contributed by atoms with Crippen LogP contribution in [0.25, 0.3) is 63.8 Å². The molecule has 46 heavy (non-hydrogen) atoms. The van der Waals surface area contributed by atoms with Gasteiger partial charge in [0.15, 0.2) is 0 Å². The van der Waals surface area contributed by atoms with Crippen molar-refractivity contribution in [2.45, 2.75) is 104 Å². The molecule has 0 aliphatic carbocycles. The lowest BCUT2D eigenvalue weighted by atomic mass is 10.1. The van der Waals surface area contributed by atoms with Crippen LogP contribution in [0.3, 0.4) is 0 Å². The zero-order valence-corrected chi connectivity index (χ0v) is 29.3. The van der Waals surface area contributed by atoms with Crippen LogP contribution in [0, 0.1) is 0 Å². The number of rotatable bonds is 16. The van der Waals surface area contributed by atoms with E-state index < -0.39 is 0 Å². The van der Waals surface area contributed by atoms with E-state index in [1.165, 1.54) is 141 Å². The maximum atomic E-state index is 2.69. The van der Waals surface area contributed by atoms with Crippen molar-refractivity contribution in [3.8, 4) is 21.6 Å². The molecule has 0 atom stereocenters. The number of benzene rings is 3. The summed E-state index contributed by atoms with van der Waals surface area (Å²) in [6.45, 7) is 6.78. The molecule has 4 heteroatoms. The van der Waals surface area contributed by atoms with Crippen molar-refractivity contribution in [2.24, 2.45) is 0 Å². The van der Waals surface area contributed by atoms with E-state index >= 15 is 0 Å². The van der Waals surface area contributed by atoms with Gasteiger partial charge in [-0.2, -0.15) is 0 Å². The third-order valence-corrected chi connectivity index (χ3v) is 12.0. The summed E-state index contributed by atoms with van der Waals surface area (Å²) in [6, 6.07) is 29.6. The highest BCUT2D eigenvalue weighted by molar-refractivity contribution is 7.23. The Labute approximate surface area is 282 Å². The second-order valence-corrected chi connectivity index (χ2v) is 15.0. The summed E-state index contributed by atoms with van der Waals surface area (Å²) in [5.74, 6) is 0. The van der Waals surface area contributed by atoms with Crippen molar-refractivity contribution < 1.29 is 0 Å². The Bertz CT molecular complexity index is 2020. The van der Waals surface area contributed by atoms with Crippen LogP contribution >= 0.6 is 22.7 Å². The van der Waals surface area contributed by atoms with Gasteiger partial charge in [0, 0.05) is 39.7 Å². The normalized spacial score (nSPS) is 12.0. The Morgan fingerprint density at radius 1 is 0.522 bits per heavy atom. The average molecular weight is 645 g/mol. The maximum Gasteiger partial charge on any atom is 0.0680 e. The van der Waals surface area contributed by atoms with Gasteiger partial charge in [-0.3, -0.25) is 0 Å². The van der Waals surface area contributed by atoms with E-state index in [2.05, 4.69) is 107 Å². The highest BCUT2D eigenvalue weighted by Crippen LogP contribution is 2.46. The topological polar surface area (TPSA) is 9.86 Å². The third kappa shape index (κ3) is 6.19. The first-order valence-electron chi connectivity index (χ1n) is 17.9. The second kappa shape index (κ2) is 14.6. The first-order chi connectivity index (χ1) is 22.8. The molecule has 0 amide bonds. The summed E-state index contributed by atoms with van der Waals surface area (Å²) in [6.07, 6.45) is 15.8. The molecule has 2 nitrogen and oxygen atoms in total. The molecule has 0 aliphatic rings. The Kier molecular flexibility index (Phi) is 9.93. The number of aromatic nitrogens is 2. The molecule has 7 aromatic rings. The third-order valence-electron chi connectivity index (χ3n) is 9.84. The summed E-state index contributed by atoms with van der Waals surface area (Å²) in [7, 11) is 0. The minimum atomic E-state index is 1.08. The number of hydrogen-bond acceptors (Lipinski definition) is 2. The second-order valence-electron chi connectivity index (χ2n) is 13.1. The van der Waals surface area contributed by atoms with Crippen LogP contribution < -0.4 is 0 Å². The molecule has 0 unspecified atom stereocenters. The minimum Gasteiger partial charge on any atom is -0.340 e. The monoisotopic (exact) mass is 644 g/mol. The fourth-order valence-electron chi connectivity index (χ4n) is 7.36. The Hall–Kier alpha value is -3.34. The highest BCUT2D eigenvalue weighted by Gasteiger charge is 2.22. The standard InChI is InChI=1S/C42H48N2S2/c1-3-5-7-9-11-19-25-43-36-28-34-37(27-33(36)41-38(43)29-39(46-41)32-23-17-14-18-24-32)44(26-20-12-10-8-6-4-2)40-35(30-45-42(34)40)31-21-15-13-16-22-31/h13-18,21-24,27-30H,3-12,19-20,25-26H2,1-2H3. The molecule has 4 aromatic heterocycles. The molecule has 0 spiro atoms. The number of aryl methyl sites for hydroxylation is 2. The molecular weight excluding hydrogens is 597 g/mol. The Balaban J connectivity index is 1.36. The molecule has 4 heterocycles. The van der Waals surface area contributed by atoms with Crippen LogP contribution in [0.4, 0.5) is 0 Å². The van der Waals surface area contributed by atoms with Gasteiger partial charge in [0.05, 0.1) is 31.5 Å². The minimum absolute atomic E-state index is 1.08. The number of fused-ring (bicyclic) bond motifs is 6. The van der Waals surface area contributed by atoms with Gasteiger partial charge in [-0.25, -0.2) is 0 Å².